The molecule has 236 valence electrons. The van der Waals surface area contributed by atoms with E-state index in [1.807, 2.05) is 72.8 Å². The van der Waals surface area contributed by atoms with Gasteiger partial charge < -0.3 is 19.6 Å². The van der Waals surface area contributed by atoms with Crippen molar-refractivity contribution in [1.82, 2.24) is 0 Å². The fourth-order valence-corrected chi connectivity index (χ4v) is 7.16. The second-order valence-electron chi connectivity index (χ2n) is 11.5. The first kappa shape index (κ1) is 30.3. The van der Waals surface area contributed by atoms with Crippen LogP contribution in [0.3, 0.4) is 0 Å². The summed E-state index contributed by atoms with van der Waals surface area (Å²) in [5.41, 5.74) is 5.65. The molecule has 3 aliphatic rings. The van der Waals surface area contributed by atoms with Crippen molar-refractivity contribution in [2.24, 2.45) is 0 Å². The summed E-state index contributed by atoms with van der Waals surface area (Å²) >= 11 is 0. The molecule has 0 saturated heterocycles. The zero-order valence-electron chi connectivity index (χ0n) is 24.8. The van der Waals surface area contributed by atoms with Crippen molar-refractivity contribution in [2.75, 3.05) is 19.6 Å². The van der Waals surface area contributed by atoms with Crippen LogP contribution in [0.25, 0.3) is 11.1 Å². The normalized spacial score (nSPS) is 15.2. The van der Waals surface area contributed by atoms with Crippen LogP contribution in [0.2, 0.25) is 0 Å². The van der Waals surface area contributed by atoms with Gasteiger partial charge in [-0.05, 0) is 35.4 Å². The van der Waals surface area contributed by atoms with E-state index < -0.39 is 28.9 Å². The van der Waals surface area contributed by atoms with Crippen molar-refractivity contribution in [1.29, 1.82) is 0 Å². The number of nitrogens with zero attached hydrogens (tertiary/aromatic N) is 4. The molecule has 0 fully saturated rings. The first-order valence-electron chi connectivity index (χ1n) is 14.9. The fraction of sp³-hybridized carbons (Fsp3) is 0.0256. The van der Waals surface area contributed by atoms with Crippen molar-refractivity contribution >= 4 is 34.1 Å². The number of rotatable bonds is 4. The van der Waals surface area contributed by atoms with Crippen molar-refractivity contribution in [3.63, 3.8) is 0 Å². The van der Waals surface area contributed by atoms with Crippen LogP contribution in [-0.4, -0.2) is 0 Å². The van der Waals surface area contributed by atoms with Gasteiger partial charge in [0.1, 0.15) is 5.66 Å². The maximum Gasteiger partial charge on any atom is 4.00 e. The van der Waals surface area contributed by atoms with Gasteiger partial charge in [0.2, 0.25) is 0 Å². The Labute approximate surface area is 289 Å². The second-order valence-corrected chi connectivity index (χ2v) is 11.5. The van der Waals surface area contributed by atoms with Crippen LogP contribution in [-0.2, 0) is 26.7 Å². The molecule has 0 unspecified atom stereocenters. The Bertz CT molecular complexity index is 2070. The van der Waals surface area contributed by atoms with Crippen LogP contribution >= 0.6 is 0 Å². The number of halogens is 4. The van der Waals surface area contributed by atoms with Gasteiger partial charge in [-0.25, -0.2) is 0 Å². The second kappa shape index (κ2) is 11.3. The molecule has 0 spiro atoms. The molecule has 0 bridgehead atoms. The average Bonchev–Trinajstić information content (AvgIpc) is 3.74. The van der Waals surface area contributed by atoms with Gasteiger partial charge in [0.15, 0.2) is 0 Å². The molecule has 48 heavy (non-hydrogen) atoms. The van der Waals surface area contributed by atoms with Crippen LogP contribution in [0.5, 0.6) is 0 Å². The van der Waals surface area contributed by atoms with Crippen molar-refractivity contribution in [3.05, 3.63) is 181 Å². The Kier molecular flexibility index (Phi) is 7.11. The Balaban J connectivity index is 0.00000336. The summed E-state index contributed by atoms with van der Waals surface area (Å²) in [4.78, 5) is 7.49. The quantitative estimate of drug-likeness (QED) is 0.130. The van der Waals surface area contributed by atoms with Crippen molar-refractivity contribution in [3.8, 4) is 11.1 Å². The van der Waals surface area contributed by atoms with Crippen LogP contribution in [0, 0.1) is 48.7 Å². The van der Waals surface area contributed by atoms with Crippen LogP contribution in [0.15, 0.2) is 121 Å². The van der Waals surface area contributed by atoms with Gasteiger partial charge in [0, 0.05) is 57.1 Å². The largest absolute Gasteiger partial charge is 4.00 e. The van der Waals surface area contributed by atoms with Crippen LogP contribution in [0.1, 0.15) is 11.1 Å². The van der Waals surface area contributed by atoms with Gasteiger partial charge in [-0.3, -0.25) is 17.6 Å². The van der Waals surface area contributed by atoms with E-state index in [0.717, 1.165) is 57.9 Å². The topological polar surface area (TPSA) is 13.0 Å². The molecule has 0 amide bonds. The zero-order valence-corrected chi connectivity index (χ0v) is 27.1. The smallest absolute Gasteiger partial charge is 0.492 e. The minimum Gasteiger partial charge on any atom is -0.492 e. The predicted octanol–water partition coefficient (Wildman–Crippen LogP) is 9.58. The van der Waals surface area contributed by atoms with Gasteiger partial charge in [0.05, 0.1) is 0 Å². The van der Waals surface area contributed by atoms with Crippen LogP contribution < -0.4 is 19.6 Å². The molecule has 0 radical (unpaired) electrons. The van der Waals surface area contributed by atoms with Crippen molar-refractivity contribution in [2.45, 2.75) is 5.66 Å². The molecule has 0 aromatic heterocycles. The average molecular weight is 818 g/mol. The molecule has 2 aliphatic heterocycles. The maximum atomic E-state index is 15.4. The molecular weight excluding hydrogens is 796 g/mol. The molecule has 6 aromatic carbocycles. The summed E-state index contributed by atoms with van der Waals surface area (Å²) < 4.78 is 59.0. The molecule has 4 nitrogen and oxygen atoms in total. The number of benzene rings is 6. The van der Waals surface area contributed by atoms with Gasteiger partial charge in [-0.15, -0.1) is 37.6 Å². The number of hydrogen-bond donors (Lipinski definition) is 0. The minimum absolute atomic E-state index is 0. The van der Waals surface area contributed by atoms with E-state index in [9.17, 15) is 8.78 Å². The monoisotopic (exact) mass is 817 g/mol. The molecule has 9 rings (SSSR count). The third-order valence-electron chi connectivity index (χ3n) is 9.01. The van der Waals surface area contributed by atoms with E-state index in [4.69, 9.17) is 0 Å². The number of anilines is 6. The summed E-state index contributed by atoms with van der Waals surface area (Å²) in [5, 5.41) is 0. The summed E-state index contributed by atoms with van der Waals surface area (Å²) in [6.45, 7) is 3.61. The van der Waals surface area contributed by atoms with Gasteiger partial charge in [0.25, 0.3) is 0 Å². The molecule has 0 N–H and O–H groups in total. The van der Waals surface area contributed by atoms with E-state index in [1.54, 1.807) is 23.1 Å². The number of fused-ring (bicyclic) bond motifs is 5. The van der Waals surface area contributed by atoms with E-state index in [2.05, 4.69) is 46.2 Å². The number of hydrogen-bond acceptors (Lipinski definition) is 4. The maximum absolute atomic E-state index is 15.4. The Morgan fingerprint density at radius 1 is 0.500 bits per heavy atom. The molecule has 1 aliphatic carbocycles. The molecule has 9 heteroatoms. The first-order valence-corrected chi connectivity index (χ1v) is 14.9. The van der Waals surface area contributed by atoms with E-state index in [0.29, 0.717) is 11.4 Å². The summed E-state index contributed by atoms with van der Waals surface area (Å²) in [6, 6.07) is 40.8. The molecular formula is C39H22F4N4Pt. The SMILES string of the molecule is Fc1c[c-]c(N2[CH-]N(C3(N4[CH-]N(c5[c-]cc(F)cc5F)c5ccccc54)c4ccccc4-c4ccccc43)c3ccccc32)c(F)c1.[Pt+4]. The summed E-state index contributed by atoms with van der Waals surface area (Å²) in [6.07, 6.45) is 0. The van der Waals surface area contributed by atoms with E-state index in [1.165, 1.54) is 0 Å². The van der Waals surface area contributed by atoms with E-state index in [-0.39, 0.29) is 32.4 Å². The van der Waals surface area contributed by atoms with Gasteiger partial charge >= 0.3 is 21.1 Å². The van der Waals surface area contributed by atoms with Gasteiger partial charge in [-0.2, -0.15) is 12.1 Å². The molecule has 6 aromatic rings. The molecule has 0 atom stereocenters. The Morgan fingerprint density at radius 2 is 0.875 bits per heavy atom. The fourth-order valence-electron chi connectivity index (χ4n) is 7.16. The number of para-hydroxylation sites is 4. The third-order valence-corrected chi connectivity index (χ3v) is 9.01. The van der Waals surface area contributed by atoms with E-state index >= 15 is 8.78 Å². The van der Waals surface area contributed by atoms with Crippen molar-refractivity contribution < 1.29 is 38.6 Å². The molecule has 0 saturated carbocycles. The van der Waals surface area contributed by atoms with Gasteiger partial charge in [-0.1, -0.05) is 84.2 Å². The Hall–Kier alpha value is -5.07. The Morgan fingerprint density at radius 3 is 1.29 bits per heavy atom. The third kappa shape index (κ3) is 4.18. The first-order chi connectivity index (χ1) is 23.0. The molecule has 2 heterocycles. The predicted molar refractivity (Wildman–Crippen MR) is 174 cm³/mol. The minimum atomic E-state index is -1.14. The standard InChI is InChI=1S/C39H22F4N4.Pt/c40-25-17-19-33(31(42)21-25)44-23-46(37-15-7-5-13-35(37)44)39(29-11-3-1-9-27(29)28-10-2-4-12-30(28)39)47-24-45(36-14-6-8-16-38(36)47)34-20-18-26(41)22-32(34)43;/h1-18,21-24H;/q-4;+4. The van der Waals surface area contributed by atoms with Crippen LogP contribution in [0.4, 0.5) is 51.7 Å². The zero-order chi connectivity index (χ0) is 31.9. The summed E-state index contributed by atoms with van der Waals surface area (Å²) in [5.74, 6) is -2.96. The summed E-state index contributed by atoms with van der Waals surface area (Å²) in [7, 11) is 0.